The normalized spacial score (nSPS) is 11.7. The van der Waals surface area contributed by atoms with Crippen LogP contribution in [0.5, 0.6) is 0 Å². The average Bonchev–Trinajstić information content (AvgIpc) is 2.38. The highest BCUT2D eigenvalue weighted by Gasteiger charge is 2.33. The Kier molecular flexibility index (Phi) is 4.08. The first-order valence-corrected chi connectivity index (χ1v) is 6.67. The maximum atomic E-state index is 12.8. The van der Waals surface area contributed by atoms with E-state index in [1.807, 2.05) is 0 Å². The lowest BCUT2D eigenvalue weighted by Crippen LogP contribution is -2.10. The fourth-order valence-electron chi connectivity index (χ4n) is 1.82. The molecule has 0 aliphatic rings. The Morgan fingerprint density at radius 2 is 2.10 bits per heavy atom. The molecule has 0 saturated carbocycles. The van der Waals surface area contributed by atoms with Gasteiger partial charge in [0.05, 0.1) is 23.4 Å². The van der Waals surface area contributed by atoms with Gasteiger partial charge in [-0.2, -0.15) is 13.2 Å². The maximum absolute atomic E-state index is 12.8. The summed E-state index contributed by atoms with van der Waals surface area (Å²) in [5.41, 5.74) is 5.09. The Balaban J connectivity index is 2.65. The number of ether oxygens (including phenoxy) is 1. The molecule has 2 rings (SSSR count). The summed E-state index contributed by atoms with van der Waals surface area (Å²) in [5.74, 6) is -0.666. The number of nitrogen functional groups attached to an aromatic ring is 1. The van der Waals surface area contributed by atoms with Gasteiger partial charge in [0.1, 0.15) is 5.56 Å². The Morgan fingerprint density at radius 1 is 1.43 bits per heavy atom. The monoisotopic (exact) mass is 362 g/mol. The molecule has 0 fully saturated rings. The van der Waals surface area contributed by atoms with Crippen molar-refractivity contribution in [1.82, 2.24) is 4.98 Å². The number of nitrogens with two attached hydrogens (primary N) is 1. The zero-order valence-corrected chi connectivity index (χ0v) is 12.4. The van der Waals surface area contributed by atoms with Crippen molar-refractivity contribution >= 4 is 38.5 Å². The van der Waals surface area contributed by atoms with Crippen molar-refractivity contribution in [3.05, 3.63) is 33.9 Å². The molecule has 4 nitrogen and oxygen atoms in total. The predicted molar refractivity (Wildman–Crippen MR) is 74.8 cm³/mol. The van der Waals surface area contributed by atoms with Gasteiger partial charge >= 0.3 is 12.1 Å². The van der Waals surface area contributed by atoms with E-state index in [-0.39, 0.29) is 33.2 Å². The second-order valence-electron chi connectivity index (χ2n) is 4.15. The number of rotatable bonds is 2. The largest absolute Gasteiger partial charge is 0.462 e. The minimum absolute atomic E-state index is 0.0241. The van der Waals surface area contributed by atoms with E-state index in [9.17, 15) is 18.0 Å². The van der Waals surface area contributed by atoms with Crippen LogP contribution in [0.1, 0.15) is 22.8 Å². The van der Waals surface area contributed by atoms with Crippen LogP contribution in [0.15, 0.2) is 22.8 Å². The van der Waals surface area contributed by atoms with E-state index in [1.54, 1.807) is 6.92 Å². The first-order chi connectivity index (χ1) is 9.75. The highest BCUT2D eigenvalue weighted by Crippen LogP contribution is 2.38. The Hall–Kier alpha value is -1.83. The molecule has 8 heteroatoms. The second-order valence-corrected chi connectivity index (χ2v) is 5.01. The van der Waals surface area contributed by atoms with Crippen LogP contribution < -0.4 is 5.73 Å². The zero-order chi connectivity index (χ0) is 15.8. The summed E-state index contributed by atoms with van der Waals surface area (Å²) in [6, 6.07) is 2.08. The van der Waals surface area contributed by atoms with E-state index in [1.165, 1.54) is 6.07 Å². The minimum Gasteiger partial charge on any atom is -0.462 e. The lowest BCUT2D eigenvalue weighted by molar-refractivity contribution is -0.138. The summed E-state index contributed by atoms with van der Waals surface area (Å²) in [5, 5.41) is 0.250. The highest BCUT2D eigenvalue weighted by molar-refractivity contribution is 9.10. The molecule has 21 heavy (non-hydrogen) atoms. The van der Waals surface area contributed by atoms with Gasteiger partial charge in [-0.1, -0.05) is 15.9 Å². The number of carbonyl (C=O) groups is 1. The summed E-state index contributed by atoms with van der Waals surface area (Å²) < 4.78 is 43.1. The van der Waals surface area contributed by atoms with Crippen LogP contribution in [0.4, 0.5) is 18.9 Å². The van der Waals surface area contributed by atoms with Gasteiger partial charge in [0.2, 0.25) is 0 Å². The Labute approximate surface area is 126 Å². The molecular weight excluding hydrogens is 353 g/mol. The van der Waals surface area contributed by atoms with E-state index in [2.05, 4.69) is 20.9 Å². The molecule has 1 heterocycles. The molecule has 0 saturated heterocycles. The second kappa shape index (κ2) is 5.51. The number of fused-ring (bicyclic) bond motifs is 1. The number of aromatic nitrogens is 1. The molecule has 1 aromatic carbocycles. The number of pyridine rings is 1. The van der Waals surface area contributed by atoms with Crippen molar-refractivity contribution in [2.45, 2.75) is 13.1 Å². The molecule has 0 amide bonds. The van der Waals surface area contributed by atoms with E-state index in [0.29, 0.717) is 0 Å². The first-order valence-electron chi connectivity index (χ1n) is 5.87. The van der Waals surface area contributed by atoms with Crippen molar-refractivity contribution < 1.29 is 22.7 Å². The van der Waals surface area contributed by atoms with E-state index in [0.717, 1.165) is 12.3 Å². The molecule has 0 radical (unpaired) electrons. The number of carbonyl (C=O) groups excluding carboxylic acids is 1. The number of alkyl halides is 3. The third kappa shape index (κ3) is 2.94. The topological polar surface area (TPSA) is 65.2 Å². The predicted octanol–water partition coefficient (Wildman–Crippen LogP) is 3.78. The number of benzene rings is 1. The molecule has 2 aromatic rings. The number of halogens is 4. The highest BCUT2D eigenvalue weighted by atomic mass is 79.9. The third-order valence-electron chi connectivity index (χ3n) is 2.80. The Bertz CT molecular complexity index is 717. The molecule has 2 N–H and O–H groups in total. The standard InChI is InChI=1S/C13H10BrF3N2O2/c1-2-21-12(20)7-5-19-10-4-8(13(15,16)17)9(14)3-6(10)11(7)18/h3-5H,2H2,1H3,(H2,18,19). The SMILES string of the molecule is CCOC(=O)c1cnc2cc(C(F)(F)F)c(Br)cc2c1N. The number of hydrogen-bond donors (Lipinski definition) is 1. The summed E-state index contributed by atoms with van der Waals surface area (Å²) in [6.45, 7) is 1.79. The third-order valence-corrected chi connectivity index (χ3v) is 3.46. The smallest absolute Gasteiger partial charge is 0.417 e. The average molecular weight is 363 g/mol. The van der Waals surface area contributed by atoms with Gasteiger partial charge in [-0.05, 0) is 19.1 Å². The van der Waals surface area contributed by atoms with Crippen LogP contribution in [0.2, 0.25) is 0 Å². The summed E-state index contributed by atoms with van der Waals surface area (Å²) in [7, 11) is 0. The molecule has 0 unspecified atom stereocenters. The van der Waals surface area contributed by atoms with Crippen molar-refractivity contribution in [3.8, 4) is 0 Å². The zero-order valence-electron chi connectivity index (χ0n) is 10.8. The van der Waals surface area contributed by atoms with Gasteiger partial charge < -0.3 is 10.5 Å². The van der Waals surface area contributed by atoms with Gasteiger partial charge in [0, 0.05) is 16.1 Å². The fraction of sp³-hybridized carbons (Fsp3) is 0.231. The number of esters is 1. The number of hydrogen-bond acceptors (Lipinski definition) is 4. The van der Waals surface area contributed by atoms with Crippen molar-refractivity contribution in [2.75, 3.05) is 12.3 Å². The molecule has 1 aromatic heterocycles. The fourth-order valence-corrected chi connectivity index (χ4v) is 2.39. The van der Waals surface area contributed by atoms with Crippen molar-refractivity contribution in [3.63, 3.8) is 0 Å². The quantitative estimate of drug-likeness (QED) is 0.825. The van der Waals surface area contributed by atoms with Crippen molar-refractivity contribution in [1.29, 1.82) is 0 Å². The summed E-state index contributed by atoms with van der Waals surface area (Å²) in [6.07, 6.45) is -3.40. The Morgan fingerprint density at radius 3 is 2.67 bits per heavy atom. The van der Waals surface area contributed by atoms with Gasteiger partial charge in [0.25, 0.3) is 0 Å². The van der Waals surface area contributed by atoms with E-state index in [4.69, 9.17) is 10.5 Å². The van der Waals surface area contributed by atoms with Crippen LogP contribution >= 0.6 is 15.9 Å². The van der Waals surface area contributed by atoms with Gasteiger partial charge in [0.15, 0.2) is 0 Å². The molecule has 0 aliphatic carbocycles. The molecule has 0 spiro atoms. The number of nitrogens with zero attached hydrogens (tertiary/aromatic N) is 1. The lowest BCUT2D eigenvalue weighted by atomic mass is 10.1. The van der Waals surface area contributed by atoms with Crippen LogP contribution in [-0.4, -0.2) is 17.6 Å². The number of anilines is 1. The summed E-state index contributed by atoms with van der Waals surface area (Å²) in [4.78, 5) is 15.5. The van der Waals surface area contributed by atoms with E-state index < -0.39 is 17.7 Å². The molecular formula is C13H10BrF3N2O2. The van der Waals surface area contributed by atoms with Gasteiger partial charge in [-0.3, -0.25) is 4.98 Å². The van der Waals surface area contributed by atoms with Crippen molar-refractivity contribution in [2.24, 2.45) is 0 Å². The van der Waals surface area contributed by atoms with Crippen LogP contribution in [-0.2, 0) is 10.9 Å². The van der Waals surface area contributed by atoms with Crippen LogP contribution in [0, 0.1) is 0 Å². The minimum atomic E-state index is -4.51. The summed E-state index contributed by atoms with van der Waals surface area (Å²) >= 11 is 2.86. The van der Waals surface area contributed by atoms with Gasteiger partial charge in [-0.25, -0.2) is 4.79 Å². The maximum Gasteiger partial charge on any atom is 0.417 e. The molecule has 0 bridgehead atoms. The molecule has 0 atom stereocenters. The lowest BCUT2D eigenvalue weighted by Gasteiger charge is -2.12. The first kappa shape index (κ1) is 15.6. The van der Waals surface area contributed by atoms with Crippen LogP contribution in [0.3, 0.4) is 0 Å². The van der Waals surface area contributed by atoms with Crippen LogP contribution in [0.25, 0.3) is 10.9 Å². The molecule has 112 valence electrons. The molecule has 0 aliphatic heterocycles. The van der Waals surface area contributed by atoms with E-state index >= 15 is 0 Å². The van der Waals surface area contributed by atoms with Gasteiger partial charge in [-0.15, -0.1) is 0 Å².